The summed E-state index contributed by atoms with van der Waals surface area (Å²) in [5.41, 5.74) is 5.11. The zero-order chi connectivity index (χ0) is 20.4. The van der Waals surface area contributed by atoms with Gasteiger partial charge in [0.1, 0.15) is 0 Å². The van der Waals surface area contributed by atoms with Gasteiger partial charge in [0, 0.05) is 36.1 Å². The Morgan fingerprint density at radius 3 is 2.55 bits per heavy atom. The van der Waals surface area contributed by atoms with Crippen molar-refractivity contribution in [2.24, 2.45) is 0 Å². The molecule has 0 spiro atoms. The first kappa shape index (κ1) is 19.5. The number of nitrogens with zero attached hydrogens (tertiary/aromatic N) is 2. The largest absolute Gasteiger partial charge is 0.362 e. The summed E-state index contributed by atoms with van der Waals surface area (Å²) in [5, 5.41) is 2.99. The Labute approximate surface area is 172 Å². The number of hydrogen-bond donors (Lipinski definition) is 1. The molecule has 0 fully saturated rings. The van der Waals surface area contributed by atoms with E-state index in [4.69, 9.17) is 0 Å². The minimum atomic E-state index is -0.0324. The predicted molar refractivity (Wildman–Crippen MR) is 117 cm³/mol. The molecule has 152 valence electrons. The number of benzene rings is 2. The van der Waals surface area contributed by atoms with E-state index < -0.39 is 0 Å². The predicted octanol–water partition coefficient (Wildman–Crippen LogP) is 3.56. The molecule has 2 aliphatic rings. The second-order valence-electron chi connectivity index (χ2n) is 8.23. The minimum absolute atomic E-state index is 0.0324. The zero-order valence-corrected chi connectivity index (χ0v) is 17.3. The zero-order valence-electron chi connectivity index (χ0n) is 17.3. The molecule has 29 heavy (non-hydrogen) atoms. The topological polar surface area (TPSA) is 52.7 Å². The van der Waals surface area contributed by atoms with E-state index in [0.717, 1.165) is 61.3 Å². The van der Waals surface area contributed by atoms with Gasteiger partial charge in [0.15, 0.2) is 0 Å². The van der Waals surface area contributed by atoms with Crippen molar-refractivity contribution >= 4 is 23.2 Å². The van der Waals surface area contributed by atoms with Crippen LogP contribution < -0.4 is 15.1 Å². The van der Waals surface area contributed by atoms with Gasteiger partial charge in [-0.3, -0.25) is 9.59 Å². The molecule has 1 N–H and O–H groups in total. The number of aryl methyl sites for hydroxylation is 1. The molecule has 0 saturated heterocycles. The van der Waals surface area contributed by atoms with Gasteiger partial charge in [-0.1, -0.05) is 24.3 Å². The van der Waals surface area contributed by atoms with E-state index in [0.29, 0.717) is 6.54 Å². The molecule has 0 saturated carbocycles. The molecular weight excluding hydrogens is 362 g/mol. The van der Waals surface area contributed by atoms with E-state index in [9.17, 15) is 9.59 Å². The van der Waals surface area contributed by atoms with Crippen LogP contribution in [0.25, 0.3) is 0 Å². The van der Waals surface area contributed by atoms with Gasteiger partial charge < -0.3 is 15.1 Å². The normalized spacial score (nSPS) is 15.7. The fourth-order valence-electron chi connectivity index (χ4n) is 4.46. The Hall–Kier alpha value is -2.82. The lowest BCUT2D eigenvalue weighted by molar-refractivity contribution is -0.117. The van der Waals surface area contributed by atoms with Crippen LogP contribution in [-0.4, -0.2) is 37.5 Å². The number of carbonyl (C=O) groups is 2. The lowest BCUT2D eigenvalue weighted by Gasteiger charge is -2.35. The van der Waals surface area contributed by atoms with Crippen LogP contribution in [0.4, 0.5) is 11.4 Å². The van der Waals surface area contributed by atoms with E-state index in [-0.39, 0.29) is 17.9 Å². The van der Waals surface area contributed by atoms with Crippen molar-refractivity contribution in [1.29, 1.82) is 0 Å². The Morgan fingerprint density at radius 2 is 1.72 bits per heavy atom. The number of rotatable bonds is 4. The molecule has 4 rings (SSSR count). The van der Waals surface area contributed by atoms with Crippen molar-refractivity contribution < 1.29 is 9.59 Å². The molecule has 0 radical (unpaired) electrons. The number of carbonyl (C=O) groups excluding carboxylic acids is 2. The Bertz CT molecular complexity index is 922. The summed E-state index contributed by atoms with van der Waals surface area (Å²) >= 11 is 0. The summed E-state index contributed by atoms with van der Waals surface area (Å²) in [6.45, 7) is 5.89. The third-order valence-electron chi connectivity index (χ3n) is 5.75. The molecule has 0 aromatic heterocycles. The summed E-state index contributed by atoms with van der Waals surface area (Å²) < 4.78 is 0. The monoisotopic (exact) mass is 391 g/mol. The van der Waals surface area contributed by atoms with Crippen molar-refractivity contribution in [3.63, 3.8) is 0 Å². The van der Waals surface area contributed by atoms with Gasteiger partial charge in [-0.15, -0.1) is 0 Å². The maximum absolute atomic E-state index is 13.2. The maximum atomic E-state index is 13.2. The SMILES string of the molecule is CC(C)NC(=O)c1cccc2c1CCCN2CC(=O)N1CCCc2ccccc21. The summed E-state index contributed by atoms with van der Waals surface area (Å²) in [6.07, 6.45) is 3.84. The number of fused-ring (bicyclic) bond motifs is 2. The average Bonchev–Trinajstić information content (AvgIpc) is 2.72. The van der Waals surface area contributed by atoms with Gasteiger partial charge in [0.2, 0.25) is 5.91 Å². The van der Waals surface area contributed by atoms with Crippen LogP contribution >= 0.6 is 0 Å². The first-order valence-electron chi connectivity index (χ1n) is 10.6. The summed E-state index contributed by atoms with van der Waals surface area (Å²) in [4.78, 5) is 29.9. The molecule has 5 heteroatoms. The lowest BCUT2D eigenvalue weighted by atomic mass is 9.95. The third-order valence-corrected chi connectivity index (χ3v) is 5.75. The highest BCUT2D eigenvalue weighted by Crippen LogP contribution is 2.31. The number of hydrogen-bond acceptors (Lipinski definition) is 3. The molecule has 5 nitrogen and oxygen atoms in total. The third kappa shape index (κ3) is 4.00. The van der Waals surface area contributed by atoms with Gasteiger partial charge >= 0.3 is 0 Å². The van der Waals surface area contributed by atoms with Crippen molar-refractivity contribution in [2.45, 2.75) is 45.6 Å². The number of para-hydroxylation sites is 1. The second kappa shape index (κ2) is 8.27. The fourth-order valence-corrected chi connectivity index (χ4v) is 4.46. The Morgan fingerprint density at radius 1 is 0.966 bits per heavy atom. The summed E-state index contributed by atoms with van der Waals surface area (Å²) in [6, 6.07) is 14.2. The number of amides is 2. The maximum Gasteiger partial charge on any atom is 0.251 e. The second-order valence-corrected chi connectivity index (χ2v) is 8.23. The fraction of sp³-hybridized carbons (Fsp3) is 0.417. The van der Waals surface area contributed by atoms with Gasteiger partial charge in [-0.2, -0.15) is 0 Å². The van der Waals surface area contributed by atoms with Gasteiger partial charge in [0.25, 0.3) is 5.91 Å². The van der Waals surface area contributed by atoms with Crippen molar-refractivity contribution in [3.05, 3.63) is 59.2 Å². The van der Waals surface area contributed by atoms with Crippen LogP contribution in [0.3, 0.4) is 0 Å². The van der Waals surface area contributed by atoms with Crippen LogP contribution in [-0.2, 0) is 17.6 Å². The van der Waals surface area contributed by atoms with Gasteiger partial charge in [-0.05, 0) is 68.9 Å². The van der Waals surface area contributed by atoms with Crippen LogP contribution in [0.2, 0.25) is 0 Å². The average molecular weight is 392 g/mol. The standard InChI is InChI=1S/C24H29N3O2/c1-17(2)25-24(29)20-10-5-13-22-19(20)11-7-14-26(22)16-23(28)27-15-6-9-18-8-3-4-12-21(18)27/h3-5,8,10,12-13,17H,6-7,9,11,14-16H2,1-2H3,(H,25,29). The highest BCUT2D eigenvalue weighted by Gasteiger charge is 2.27. The van der Waals surface area contributed by atoms with E-state index in [1.165, 1.54) is 5.56 Å². The Balaban J connectivity index is 1.57. The smallest absolute Gasteiger partial charge is 0.251 e. The Kier molecular flexibility index (Phi) is 5.56. The molecule has 0 unspecified atom stereocenters. The van der Waals surface area contributed by atoms with E-state index in [2.05, 4.69) is 16.3 Å². The van der Waals surface area contributed by atoms with E-state index >= 15 is 0 Å². The molecule has 2 amide bonds. The van der Waals surface area contributed by atoms with Crippen LogP contribution in [0, 0.1) is 0 Å². The summed E-state index contributed by atoms with van der Waals surface area (Å²) in [7, 11) is 0. The number of nitrogens with one attached hydrogen (secondary N) is 1. The molecule has 2 aromatic rings. The molecule has 0 bridgehead atoms. The van der Waals surface area contributed by atoms with E-state index in [1.54, 1.807) is 0 Å². The van der Waals surface area contributed by atoms with Crippen LogP contribution in [0.15, 0.2) is 42.5 Å². The molecule has 2 aliphatic heterocycles. The first-order valence-corrected chi connectivity index (χ1v) is 10.6. The lowest BCUT2D eigenvalue weighted by Crippen LogP contribution is -2.44. The first-order chi connectivity index (χ1) is 14.0. The van der Waals surface area contributed by atoms with Crippen molar-refractivity contribution in [1.82, 2.24) is 5.32 Å². The molecule has 0 aliphatic carbocycles. The minimum Gasteiger partial charge on any atom is -0.362 e. The highest BCUT2D eigenvalue weighted by atomic mass is 16.2. The van der Waals surface area contributed by atoms with Gasteiger partial charge in [0.05, 0.1) is 6.54 Å². The quantitative estimate of drug-likeness (QED) is 0.867. The molecule has 2 aromatic carbocycles. The van der Waals surface area contributed by atoms with Crippen LogP contribution in [0.1, 0.15) is 48.2 Å². The van der Waals surface area contributed by atoms with E-state index in [1.807, 2.05) is 55.1 Å². The molecular formula is C24H29N3O2. The van der Waals surface area contributed by atoms with Crippen LogP contribution in [0.5, 0.6) is 0 Å². The highest BCUT2D eigenvalue weighted by molar-refractivity contribution is 5.99. The number of anilines is 2. The van der Waals surface area contributed by atoms with Crippen molar-refractivity contribution in [3.8, 4) is 0 Å². The van der Waals surface area contributed by atoms with Gasteiger partial charge in [-0.25, -0.2) is 0 Å². The summed E-state index contributed by atoms with van der Waals surface area (Å²) in [5.74, 6) is 0.0945. The molecule has 2 heterocycles. The van der Waals surface area contributed by atoms with Crippen molar-refractivity contribution in [2.75, 3.05) is 29.4 Å². The molecule has 0 atom stereocenters.